The predicted molar refractivity (Wildman–Crippen MR) is 120 cm³/mol. The quantitative estimate of drug-likeness (QED) is 0.309. The van der Waals surface area contributed by atoms with Gasteiger partial charge in [0.15, 0.2) is 0 Å². The molecule has 1 aliphatic rings. The average molecular weight is 424 g/mol. The lowest BCUT2D eigenvalue weighted by atomic mass is 9.91. The van der Waals surface area contributed by atoms with Gasteiger partial charge in [-0.1, -0.05) is 67.1 Å². The summed E-state index contributed by atoms with van der Waals surface area (Å²) in [4.78, 5) is 26.0. The van der Waals surface area contributed by atoms with E-state index in [4.69, 9.17) is 5.21 Å². The van der Waals surface area contributed by atoms with Crippen molar-refractivity contribution in [3.63, 3.8) is 0 Å². The topological polar surface area (TPSA) is 81.7 Å². The molecule has 31 heavy (non-hydrogen) atoms. The Hall–Kier alpha value is -2.70. The fourth-order valence-corrected chi connectivity index (χ4v) is 4.30. The third-order valence-corrected chi connectivity index (χ3v) is 6.00. The van der Waals surface area contributed by atoms with Crippen molar-refractivity contribution in [3.8, 4) is 0 Å². The molecule has 0 spiro atoms. The fraction of sp³-hybridized carbons (Fsp3) is 0.440. The van der Waals surface area contributed by atoms with E-state index in [9.17, 15) is 9.59 Å². The zero-order valence-corrected chi connectivity index (χ0v) is 18.0. The van der Waals surface area contributed by atoms with Crippen LogP contribution in [-0.4, -0.2) is 41.6 Å². The van der Waals surface area contributed by atoms with E-state index in [2.05, 4.69) is 58.7 Å². The van der Waals surface area contributed by atoms with Gasteiger partial charge < -0.3 is 5.32 Å². The first-order chi connectivity index (χ1) is 15.2. The molecule has 6 nitrogen and oxygen atoms in total. The number of amides is 2. The van der Waals surface area contributed by atoms with Crippen LogP contribution in [0.2, 0.25) is 0 Å². The van der Waals surface area contributed by atoms with Gasteiger partial charge in [-0.25, -0.2) is 5.48 Å². The van der Waals surface area contributed by atoms with E-state index >= 15 is 0 Å². The first-order valence-electron chi connectivity index (χ1n) is 11.2. The molecular weight excluding hydrogens is 390 g/mol. The standard InChI is InChI=1S/C25H33N3O3/c29-23(27-31)14-8-3-9-17-26-25(30)22-15-18-28(19-16-22)24(20-10-4-1-5-11-20)21-12-6-2-7-13-21/h1-2,4-7,10-13,22,24,31H,3,8-9,14-19H2,(H,26,30)(H,27,29). The highest BCUT2D eigenvalue weighted by Gasteiger charge is 2.30. The van der Waals surface area contributed by atoms with Crippen LogP contribution in [0.1, 0.15) is 55.7 Å². The van der Waals surface area contributed by atoms with Gasteiger partial charge in [-0.15, -0.1) is 0 Å². The summed E-state index contributed by atoms with van der Waals surface area (Å²) in [6, 6.07) is 21.4. The van der Waals surface area contributed by atoms with Crippen LogP contribution in [0, 0.1) is 5.92 Å². The molecule has 1 heterocycles. The predicted octanol–water partition coefficient (Wildman–Crippen LogP) is 3.67. The number of carbonyl (C=O) groups is 2. The number of carbonyl (C=O) groups excluding carboxylic acids is 2. The summed E-state index contributed by atoms with van der Waals surface area (Å²) >= 11 is 0. The monoisotopic (exact) mass is 423 g/mol. The molecule has 1 saturated heterocycles. The zero-order valence-electron chi connectivity index (χ0n) is 18.0. The Kier molecular flexibility index (Phi) is 9.06. The number of unbranched alkanes of at least 4 members (excludes halogenated alkanes) is 2. The molecule has 1 fully saturated rings. The smallest absolute Gasteiger partial charge is 0.243 e. The highest BCUT2D eigenvalue weighted by Crippen LogP contribution is 2.32. The van der Waals surface area contributed by atoms with Crippen LogP contribution in [0.15, 0.2) is 60.7 Å². The molecule has 0 saturated carbocycles. The second-order valence-corrected chi connectivity index (χ2v) is 8.17. The number of hydrogen-bond acceptors (Lipinski definition) is 4. The van der Waals surface area contributed by atoms with Crippen LogP contribution < -0.4 is 10.8 Å². The molecule has 3 rings (SSSR count). The summed E-state index contributed by atoms with van der Waals surface area (Å²) in [5.74, 6) is -0.160. The SMILES string of the molecule is O=C(CCCCCNC(=O)C1CCN(C(c2ccccc2)c2ccccc2)CC1)NO. The largest absolute Gasteiger partial charge is 0.356 e. The van der Waals surface area contributed by atoms with Gasteiger partial charge in [0.05, 0.1) is 6.04 Å². The van der Waals surface area contributed by atoms with Gasteiger partial charge in [0.2, 0.25) is 11.8 Å². The highest BCUT2D eigenvalue weighted by molar-refractivity contribution is 5.78. The van der Waals surface area contributed by atoms with Crippen molar-refractivity contribution in [2.45, 2.75) is 44.6 Å². The molecule has 1 aliphatic heterocycles. The van der Waals surface area contributed by atoms with Crippen molar-refractivity contribution < 1.29 is 14.8 Å². The number of benzene rings is 2. The first-order valence-corrected chi connectivity index (χ1v) is 11.2. The number of nitrogens with one attached hydrogen (secondary N) is 2. The van der Waals surface area contributed by atoms with Crippen LogP contribution in [0.25, 0.3) is 0 Å². The molecule has 2 aromatic rings. The van der Waals surface area contributed by atoms with Crippen molar-refractivity contribution in [1.29, 1.82) is 0 Å². The van der Waals surface area contributed by atoms with Crippen LogP contribution >= 0.6 is 0 Å². The number of rotatable bonds is 10. The average Bonchev–Trinajstić information content (AvgIpc) is 2.83. The second-order valence-electron chi connectivity index (χ2n) is 8.17. The first kappa shape index (κ1) is 23.0. The Labute approximate surface area is 184 Å². The van der Waals surface area contributed by atoms with E-state index in [1.165, 1.54) is 11.1 Å². The second kappa shape index (κ2) is 12.2. The molecule has 0 aromatic heterocycles. The van der Waals surface area contributed by atoms with E-state index in [1.54, 1.807) is 5.48 Å². The molecule has 2 amide bonds. The lowest BCUT2D eigenvalue weighted by Crippen LogP contribution is -2.42. The summed E-state index contributed by atoms with van der Waals surface area (Å²) in [5.41, 5.74) is 4.20. The fourth-order valence-electron chi connectivity index (χ4n) is 4.30. The number of likely N-dealkylation sites (tertiary alicyclic amines) is 1. The number of piperidine rings is 1. The Balaban J connectivity index is 1.47. The third-order valence-electron chi connectivity index (χ3n) is 6.00. The van der Waals surface area contributed by atoms with Crippen molar-refractivity contribution >= 4 is 11.8 Å². The molecular formula is C25H33N3O3. The Morgan fingerprint density at radius 2 is 1.48 bits per heavy atom. The van der Waals surface area contributed by atoms with Crippen molar-refractivity contribution in [2.24, 2.45) is 5.92 Å². The van der Waals surface area contributed by atoms with Gasteiger partial charge >= 0.3 is 0 Å². The van der Waals surface area contributed by atoms with Crippen molar-refractivity contribution in [1.82, 2.24) is 15.7 Å². The molecule has 6 heteroatoms. The van der Waals surface area contributed by atoms with Gasteiger partial charge in [-0.2, -0.15) is 0 Å². The summed E-state index contributed by atoms with van der Waals surface area (Å²) in [7, 11) is 0. The van der Waals surface area contributed by atoms with Crippen LogP contribution in [-0.2, 0) is 9.59 Å². The Bertz CT molecular complexity index is 766. The summed E-state index contributed by atoms with van der Waals surface area (Å²) in [5, 5.41) is 11.5. The Morgan fingerprint density at radius 3 is 2.03 bits per heavy atom. The lowest BCUT2D eigenvalue weighted by molar-refractivity contribution is -0.129. The summed E-state index contributed by atoms with van der Waals surface area (Å²) in [6.07, 6.45) is 4.43. The minimum atomic E-state index is -0.361. The van der Waals surface area contributed by atoms with Gasteiger partial charge in [-0.3, -0.25) is 19.7 Å². The van der Waals surface area contributed by atoms with Crippen molar-refractivity contribution in [3.05, 3.63) is 71.8 Å². The summed E-state index contributed by atoms with van der Waals surface area (Å²) < 4.78 is 0. The third kappa shape index (κ3) is 6.91. The number of nitrogens with zero attached hydrogens (tertiary/aromatic N) is 1. The molecule has 3 N–H and O–H groups in total. The normalized spacial score (nSPS) is 15.0. The zero-order chi connectivity index (χ0) is 21.9. The van der Waals surface area contributed by atoms with E-state index in [-0.39, 0.29) is 23.8 Å². The highest BCUT2D eigenvalue weighted by atomic mass is 16.5. The molecule has 0 atom stereocenters. The van der Waals surface area contributed by atoms with Crippen molar-refractivity contribution in [2.75, 3.05) is 19.6 Å². The van der Waals surface area contributed by atoms with Gasteiger partial charge in [0.25, 0.3) is 0 Å². The molecule has 0 aliphatic carbocycles. The van der Waals surface area contributed by atoms with Crippen LogP contribution in [0.4, 0.5) is 0 Å². The summed E-state index contributed by atoms with van der Waals surface area (Å²) in [6.45, 7) is 2.42. The van der Waals surface area contributed by atoms with E-state index in [1.807, 2.05) is 12.1 Å². The molecule has 2 aromatic carbocycles. The maximum Gasteiger partial charge on any atom is 0.243 e. The minimum Gasteiger partial charge on any atom is -0.356 e. The van der Waals surface area contributed by atoms with E-state index < -0.39 is 0 Å². The lowest BCUT2D eigenvalue weighted by Gasteiger charge is -2.37. The molecule has 166 valence electrons. The molecule has 0 radical (unpaired) electrons. The van der Waals surface area contributed by atoms with Crippen LogP contribution in [0.3, 0.4) is 0 Å². The van der Waals surface area contributed by atoms with Gasteiger partial charge in [0, 0.05) is 18.9 Å². The number of hydroxylamine groups is 1. The van der Waals surface area contributed by atoms with E-state index in [0.717, 1.165) is 38.8 Å². The molecule has 0 unspecified atom stereocenters. The van der Waals surface area contributed by atoms with Gasteiger partial charge in [0.1, 0.15) is 0 Å². The maximum atomic E-state index is 12.6. The molecule has 0 bridgehead atoms. The van der Waals surface area contributed by atoms with Gasteiger partial charge in [-0.05, 0) is 49.9 Å². The van der Waals surface area contributed by atoms with Crippen LogP contribution in [0.5, 0.6) is 0 Å². The number of hydrogen-bond donors (Lipinski definition) is 3. The maximum absolute atomic E-state index is 12.6. The Morgan fingerprint density at radius 1 is 0.903 bits per heavy atom. The minimum absolute atomic E-state index is 0.0589. The van der Waals surface area contributed by atoms with E-state index in [0.29, 0.717) is 19.4 Å².